The standard InChI is InChI=1S/C23H14F2N8O/c24-17-3-1-2-16(22(17)25)23-28-20-10-27-33(12-21(20)29-23)11-15-8-18(31-34-15)13-4-6-14(7-5-13)19-9-26-32-30-19/h1-8,10,12H,9,11H2/p+1. The summed E-state index contributed by atoms with van der Waals surface area (Å²) >= 11 is 0. The summed E-state index contributed by atoms with van der Waals surface area (Å²) < 4.78 is 34.8. The van der Waals surface area contributed by atoms with Crippen LogP contribution in [0.15, 0.2) is 80.9 Å². The first-order chi connectivity index (χ1) is 16.6. The summed E-state index contributed by atoms with van der Waals surface area (Å²) in [6, 6.07) is 13.6. The fourth-order valence-electron chi connectivity index (χ4n) is 3.69. The molecule has 34 heavy (non-hydrogen) atoms. The Labute approximate surface area is 190 Å². The molecule has 0 saturated heterocycles. The van der Waals surface area contributed by atoms with E-state index in [-0.39, 0.29) is 11.4 Å². The second kappa shape index (κ2) is 8.03. The van der Waals surface area contributed by atoms with Crippen LogP contribution in [0.1, 0.15) is 11.3 Å². The quantitative estimate of drug-likeness (QED) is 0.402. The van der Waals surface area contributed by atoms with Gasteiger partial charge in [-0.3, -0.25) is 0 Å². The number of rotatable bonds is 5. The van der Waals surface area contributed by atoms with Crippen molar-refractivity contribution in [1.29, 1.82) is 0 Å². The third kappa shape index (κ3) is 3.62. The van der Waals surface area contributed by atoms with Crippen LogP contribution in [0.5, 0.6) is 0 Å². The van der Waals surface area contributed by atoms with Gasteiger partial charge >= 0.3 is 0 Å². The molecule has 0 spiro atoms. The number of aromatic nitrogens is 5. The first-order valence-electron chi connectivity index (χ1n) is 10.3. The summed E-state index contributed by atoms with van der Waals surface area (Å²) in [5.41, 5.74) is 4.58. The van der Waals surface area contributed by atoms with E-state index in [1.54, 1.807) is 17.1 Å². The van der Waals surface area contributed by atoms with Gasteiger partial charge < -0.3 is 9.51 Å². The third-order valence-electron chi connectivity index (χ3n) is 5.41. The van der Waals surface area contributed by atoms with E-state index in [1.165, 1.54) is 12.1 Å². The van der Waals surface area contributed by atoms with Crippen LogP contribution in [0.3, 0.4) is 0 Å². The first-order valence-corrected chi connectivity index (χ1v) is 10.3. The highest BCUT2D eigenvalue weighted by molar-refractivity contribution is 6.02. The number of imidazole rings is 1. The van der Waals surface area contributed by atoms with E-state index < -0.39 is 11.6 Å². The summed E-state index contributed by atoms with van der Waals surface area (Å²) in [6.07, 6.45) is 3.27. The van der Waals surface area contributed by atoms with Crippen molar-refractivity contribution in [1.82, 2.24) is 20.2 Å². The van der Waals surface area contributed by atoms with Gasteiger partial charge in [0.1, 0.15) is 35.3 Å². The van der Waals surface area contributed by atoms with Gasteiger partial charge in [0, 0.05) is 11.6 Å². The predicted octanol–water partition coefficient (Wildman–Crippen LogP) is 4.06. The van der Waals surface area contributed by atoms with Gasteiger partial charge in [-0.1, -0.05) is 40.2 Å². The van der Waals surface area contributed by atoms with E-state index in [1.807, 2.05) is 30.3 Å². The number of nitrogens with zero attached hydrogens (tertiary/aromatic N) is 7. The minimum Gasteiger partial charge on any atom is -0.354 e. The second-order valence-corrected chi connectivity index (χ2v) is 7.65. The van der Waals surface area contributed by atoms with Crippen LogP contribution in [0.2, 0.25) is 0 Å². The number of halogens is 2. The van der Waals surface area contributed by atoms with Crippen LogP contribution in [-0.4, -0.2) is 32.5 Å². The highest BCUT2D eigenvalue weighted by Crippen LogP contribution is 2.24. The lowest BCUT2D eigenvalue weighted by Gasteiger charge is -1.99. The van der Waals surface area contributed by atoms with Gasteiger partial charge in [0.05, 0.1) is 11.3 Å². The molecule has 0 saturated carbocycles. The van der Waals surface area contributed by atoms with Crippen molar-refractivity contribution in [2.45, 2.75) is 6.54 Å². The zero-order valence-corrected chi connectivity index (χ0v) is 17.5. The Morgan fingerprint density at radius 3 is 2.74 bits per heavy atom. The molecule has 0 aliphatic carbocycles. The Morgan fingerprint density at radius 2 is 1.91 bits per heavy atom. The van der Waals surface area contributed by atoms with Crippen LogP contribution in [0.25, 0.3) is 33.7 Å². The average Bonchev–Trinajstić information content (AvgIpc) is 3.62. The normalized spacial score (nSPS) is 13.1. The highest BCUT2D eigenvalue weighted by atomic mass is 19.2. The van der Waals surface area contributed by atoms with Crippen molar-refractivity contribution in [3.05, 3.63) is 83.9 Å². The maximum Gasteiger partial charge on any atom is 0.234 e. The number of fused-ring (bicyclic) bond motifs is 1. The van der Waals surface area contributed by atoms with Gasteiger partial charge in [0.15, 0.2) is 11.6 Å². The van der Waals surface area contributed by atoms with Gasteiger partial charge in [0.25, 0.3) is 0 Å². The van der Waals surface area contributed by atoms with E-state index in [0.29, 0.717) is 35.6 Å². The molecule has 5 aromatic rings. The molecular weight excluding hydrogens is 442 g/mol. The Hall–Kier alpha value is -4.67. The molecular formula is C23H15F2N8O+. The van der Waals surface area contributed by atoms with Gasteiger partial charge in [-0.15, -0.1) is 5.10 Å². The van der Waals surface area contributed by atoms with Crippen molar-refractivity contribution in [2.75, 3.05) is 6.54 Å². The van der Waals surface area contributed by atoms with E-state index in [9.17, 15) is 8.78 Å². The zero-order chi connectivity index (χ0) is 23.1. The fraction of sp³-hybridized carbons (Fsp3) is 0.0870. The van der Waals surface area contributed by atoms with Crippen molar-refractivity contribution in [2.24, 2.45) is 15.4 Å². The summed E-state index contributed by atoms with van der Waals surface area (Å²) in [5, 5.41) is 20.0. The number of hydrogen-bond donors (Lipinski definition) is 1. The number of H-pyrrole nitrogens is 1. The van der Waals surface area contributed by atoms with Crippen LogP contribution in [0, 0.1) is 11.6 Å². The van der Waals surface area contributed by atoms with Crippen LogP contribution in [-0.2, 0) is 6.54 Å². The maximum absolute atomic E-state index is 14.1. The largest absolute Gasteiger partial charge is 0.354 e. The van der Waals surface area contributed by atoms with E-state index in [0.717, 1.165) is 22.9 Å². The number of benzene rings is 2. The van der Waals surface area contributed by atoms with Crippen molar-refractivity contribution < 1.29 is 18.0 Å². The molecule has 1 N–H and O–H groups in total. The molecule has 11 heteroatoms. The van der Waals surface area contributed by atoms with Crippen molar-refractivity contribution >= 4 is 16.7 Å². The fourth-order valence-corrected chi connectivity index (χ4v) is 3.69. The molecule has 1 aliphatic rings. The lowest BCUT2D eigenvalue weighted by molar-refractivity contribution is -0.746. The van der Waals surface area contributed by atoms with Crippen molar-refractivity contribution in [3.63, 3.8) is 0 Å². The molecule has 0 atom stereocenters. The average molecular weight is 457 g/mol. The Balaban J connectivity index is 1.22. The van der Waals surface area contributed by atoms with Gasteiger partial charge in [-0.25, -0.2) is 13.8 Å². The lowest BCUT2D eigenvalue weighted by atomic mass is 10.1. The minimum atomic E-state index is -0.953. The molecule has 0 amide bonds. The van der Waals surface area contributed by atoms with Gasteiger partial charge in [-0.05, 0) is 28.0 Å². The summed E-state index contributed by atoms with van der Waals surface area (Å²) in [4.78, 5) is 7.34. The van der Waals surface area contributed by atoms with Gasteiger partial charge in [-0.2, -0.15) is 5.11 Å². The molecule has 6 rings (SSSR count). The zero-order valence-electron chi connectivity index (χ0n) is 17.5. The predicted molar refractivity (Wildman–Crippen MR) is 117 cm³/mol. The molecule has 3 aromatic heterocycles. The van der Waals surface area contributed by atoms with Crippen LogP contribution < -0.4 is 4.68 Å². The Morgan fingerprint density at radius 1 is 1.06 bits per heavy atom. The summed E-state index contributed by atoms with van der Waals surface area (Å²) in [5.74, 6) is -1.06. The molecule has 0 unspecified atom stereocenters. The van der Waals surface area contributed by atoms with Crippen molar-refractivity contribution in [3.8, 4) is 22.6 Å². The Bertz CT molecular complexity index is 1590. The second-order valence-electron chi connectivity index (χ2n) is 7.65. The topological polar surface area (TPSA) is 109 Å². The maximum atomic E-state index is 14.1. The molecule has 0 fully saturated rings. The lowest BCUT2D eigenvalue weighted by Crippen LogP contribution is -2.37. The summed E-state index contributed by atoms with van der Waals surface area (Å²) in [7, 11) is 0. The van der Waals surface area contributed by atoms with E-state index in [4.69, 9.17) is 4.52 Å². The smallest absolute Gasteiger partial charge is 0.234 e. The SMILES string of the molecule is Fc1cccc(-c2nc3cn[n+](Cc4cc(-c5ccc(C6=NN=NC6)cc5)no4)cc3[nH]2)c1F. The van der Waals surface area contributed by atoms with Crippen LogP contribution in [0.4, 0.5) is 8.78 Å². The van der Waals surface area contributed by atoms with Gasteiger partial charge in [0.2, 0.25) is 18.5 Å². The molecule has 9 nitrogen and oxygen atoms in total. The molecule has 2 aromatic carbocycles. The van der Waals surface area contributed by atoms with E-state index >= 15 is 0 Å². The monoisotopic (exact) mass is 457 g/mol. The number of nitrogens with one attached hydrogen (secondary N) is 1. The van der Waals surface area contributed by atoms with E-state index in [2.05, 4.69) is 35.7 Å². The number of hydrogen-bond acceptors (Lipinski definition) is 7. The highest BCUT2D eigenvalue weighted by Gasteiger charge is 2.18. The Kier molecular flexibility index (Phi) is 4.72. The molecule has 0 bridgehead atoms. The minimum absolute atomic E-state index is 0.0532. The third-order valence-corrected chi connectivity index (χ3v) is 5.41. The van der Waals surface area contributed by atoms with Crippen LogP contribution >= 0.6 is 0 Å². The first kappa shape index (κ1) is 20.0. The molecule has 0 radical (unpaired) electrons. The molecule has 166 valence electrons. The molecule has 1 aliphatic heterocycles. The summed E-state index contributed by atoms with van der Waals surface area (Å²) in [6.45, 7) is 0.806. The number of aromatic amines is 1. The molecule has 4 heterocycles.